The van der Waals surface area contributed by atoms with Crippen molar-refractivity contribution in [3.8, 4) is 0 Å². The first-order valence-electron chi connectivity index (χ1n) is 4.83. The number of hydrogen-bond acceptors (Lipinski definition) is 1. The summed E-state index contributed by atoms with van der Waals surface area (Å²) in [5.74, 6) is 0.265. The number of nitrogens with zero attached hydrogens (tertiary/aromatic N) is 1. The van der Waals surface area contributed by atoms with Crippen LogP contribution in [0.1, 0.15) is 33.6 Å². The first kappa shape index (κ1) is 11.0. The lowest BCUT2D eigenvalue weighted by Crippen LogP contribution is -2.45. The Balaban J connectivity index is 2.54. The Morgan fingerprint density at radius 2 is 2.15 bits per heavy atom. The van der Waals surface area contributed by atoms with Crippen molar-refractivity contribution in [2.75, 3.05) is 13.1 Å². The van der Waals surface area contributed by atoms with E-state index in [1.165, 1.54) is 0 Å². The minimum absolute atomic E-state index is 0.0589. The summed E-state index contributed by atoms with van der Waals surface area (Å²) < 4.78 is 0. The average molecular weight is 248 g/mol. The normalized spacial score (nSPS) is 25.1. The molecule has 0 N–H and O–H groups in total. The zero-order valence-corrected chi connectivity index (χ0v) is 10.2. The van der Waals surface area contributed by atoms with Gasteiger partial charge in [-0.1, -0.05) is 36.7 Å². The summed E-state index contributed by atoms with van der Waals surface area (Å²) in [5.41, 5.74) is 0.208. The van der Waals surface area contributed by atoms with Crippen LogP contribution in [-0.2, 0) is 4.79 Å². The molecule has 1 fully saturated rings. The second-order valence-electron chi connectivity index (χ2n) is 4.93. The molecule has 0 aromatic rings. The van der Waals surface area contributed by atoms with Gasteiger partial charge in [0.05, 0.1) is 4.83 Å². The van der Waals surface area contributed by atoms with E-state index in [4.69, 9.17) is 0 Å². The quantitative estimate of drug-likeness (QED) is 0.652. The Morgan fingerprint density at radius 3 is 2.69 bits per heavy atom. The zero-order chi connectivity index (χ0) is 10.1. The highest BCUT2D eigenvalue weighted by Crippen LogP contribution is 2.22. The third kappa shape index (κ3) is 3.29. The van der Waals surface area contributed by atoms with Gasteiger partial charge in [0.1, 0.15) is 0 Å². The number of halogens is 1. The summed E-state index contributed by atoms with van der Waals surface area (Å²) in [6, 6.07) is 0. The summed E-state index contributed by atoms with van der Waals surface area (Å²) in [6.45, 7) is 8.29. The smallest absolute Gasteiger partial charge is 0.236 e. The molecule has 0 bridgehead atoms. The molecule has 1 rings (SSSR count). The second kappa shape index (κ2) is 3.99. The molecular weight excluding hydrogens is 230 g/mol. The first-order valence-corrected chi connectivity index (χ1v) is 5.74. The first-order chi connectivity index (χ1) is 5.90. The Hall–Kier alpha value is -0.0500. The largest absolute Gasteiger partial charge is 0.341 e. The number of carbonyl (C=O) groups excluding carboxylic acids is 1. The number of hydrogen-bond donors (Lipinski definition) is 0. The van der Waals surface area contributed by atoms with E-state index in [2.05, 4.69) is 36.7 Å². The molecule has 0 saturated carbocycles. The van der Waals surface area contributed by atoms with Crippen molar-refractivity contribution in [1.29, 1.82) is 0 Å². The second-order valence-corrected chi connectivity index (χ2v) is 6.04. The van der Waals surface area contributed by atoms with Crippen LogP contribution in [0.4, 0.5) is 0 Å². The molecular formula is C10H18BrNO. The fourth-order valence-corrected chi connectivity index (χ4v) is 2.24. The molecule has 76 valence electrons. The highest BCUT2D eigenvalue weighted by molar-refractivity contribution is 9.10. The molecule has 0 aromatic heterocycles. The van der Waals surface area contributed by atoms with Gasteiger partial charge >= 0.3 is 0 Å². The van der Waals surface area contributed by atoms with Gasteiger partial charge in [0.15, 0.2) is 0 Å². The molecule has 1 atom stereocenters. The van der Waals surface area contributed by atoms with Crippen LogP contribution in [0.25, 0.3) is 0 Å². The maximum absolute atomic E-state index is 11.7. The van der Waals surface area contributed by atoms with E-state index in [9.17, 15) is 4.79 Å². The number of likely N-dealkylation sites (tertiary alicyclic amines) is 1. The van der Waals surface area contributed by atoms with Gasteiger partial charge in [0.25, 0.3) is 0 Å². The van der Waals surface area contributed by atoms with E-state index in [1.807, 2.05) is 4.90 Å². The summed E-state index contributed by atoms with van der Waals surface area (Å²) in [5, 5.41) is 0. The number of alkyl halides is 1. The summed E-state index contributed by atoms with van der Waals surface area (Å²) >= 11 is 3.41. The van der Waals surface area contributed by atoms with Crippen molar-refractivity contribution in [3.05, 3.63) is 0 Å². The van der Waals surface area contributed by atoms with Gasteiger partial charge in [-0.25, -0.2) is 0 Å². The summed E-state index contributed by atoms with van der Waals surface area (Å²) in [6.07, 6.45) is 2.11. The number of rotatable bonds is 1. The van der Waals surface area contributed by atoms with E-state index < -0.39 is 0 Å². The lowest BCUT2D eigenvalue weighted by Gasteiger charge is -2.34. The van der Waals surface area contributed by atoms with E-state index in [1.54, 1.807) is 0 Å². The van der Waals surface area contributed by atoms with E-state index >= 15 is 0 Å². The van der Waals surface area contributed by atoms with Crippen molar-refractivity contribution in [2.24, 2.45) is 5.41 Å². The molecule has 2 nitrogen and oxygen atoms in total. The molecule has 0 radical (unpaired) electrons. The van der Waals surface area contributed by atoms with Crippen LogP contribution >= 0.6 is 15.9 Å². The predicted octanol–water partition coefficient (Wildman–Crippen LogP) is 2.42. The molecule has 1 aliphatic rings. The van der Waals surface area contributed by atoms with E-state index in [-0.39, 0.29) is 16.1 Å². The van der Waals surface area contributed by atoms with Crippen molar-refractivity contribution < 1.29 is 4.79 Å². The molecule has 1 heterocycles. The molecule has 13 heavy (non-hydrogen) atoms. The lowest BCUT2D eigenvalue weighted by molar-refractivity contribution is -0.133. The maximum atomic E-state index is 11.7. The van der Waals surface area contributed by atoms with Gasteiger partial charge < -0.3 is 4.90 Å². The van der Waals surface area contributed by atoms with Gasteiger partial charge in [0, 0.05) is 13.1 Å². The lowest BCUT2D eigenvalue weighted by atomic mass is 9.95. The Morgan fingerprint density at radius 1 is 1.54 bits per heavy atom. The number of carbonyl (C=O) groups is 1. The van der Waals surface area contributed by atoms with Gasteiger partial charge in [0.2, 0.25) is 5.91 Å². The molecule has 1 saturated heterocycles. The minimum atomic E-state index is 0.0589. The van der Waals surface area contributed by atoms with Crippen molar-refractivity contribution in [2.45, 2.75) is 38.4 Å². The molecule has 1 aliphatic heterocycles. The molecule has 0 unspecified atom stereocenters. The van der Waals surface area contributed by atoms with Crippen LogP contribution < -0.4 is 0 Å². The Labute approximate surface area is 88.8 Å². The third-order valence-corrected chi connectivity index (χ3v) is 2.98. The highest BCUT2D eigenvalue weighted by Gasteiger charge is 2.28. The number of amides is 1. The fraction of sp³-hybridized carbons (Fsp3) is 0.900. The summed E-state index contributed by atoms with van der Waals surface area (Å²) in [7, 11) is 0. The maximum Gasteiger partial charge on any atom is 0.236 e. The average Bonchev–Trinajstić information content (AvgIpc) is 1.96. The van der Waals surface area contributed by atoms with E-state index in [0.717, 1.165) is 25.9 Å². The predicted molar refractivity (Wildman–Crippen MR) is 58.0 cm³/mol. The molecule has 0 spiro atoms. The van der Waals surface area contributed by atoms with Crippen LogP contribution in [0, 0.1) is 5.41 Å². The van der Waals surface area contributed by atoms with E-state index in [0.29, 0.717) is 0 Å². The number of piperidine rings is 1. The van der Waals surface area contributed by atoms with Gasteiger partial charge in [-0.15, -0.1) is 0 Å². The third-order valence-electron chi connectivity index (χ3n) is 2.13. The fourth-order valence-electron chi connectivity index (χ4n) is 1.62. The van der Waals surface area contributed by atoms with Gasteiger partial charge in [-0.2, -0.15) is 0 Å². The Kier molecular flexibility index (Phi) is 3.38. The van der Waals surface area contributed by atoms with Crippen LogP contribution in [0.2, 0.25) is 0 Å². The Bertz CT molecular complexity index is 198. The highest BCUT2D eigenvalue weighted by atomic mass is 79.9. The van der Waals surface area contributed by atoms with Crippen LogP contribution in [-0.4, -0.2) is 28.7 Å². The zero-order valence-electron chi connectivity index (χ0n) is 8.64. The molecule has 0 aliphatic carbocycles. The minimum Gasteiger partial charge on any atom is -0.341 e. The standard InChI is InChI=1S/C10H18BrNO/c1-10(2,3)7-12-6-4-5-8(11)9(12)13/h8H,4-7H2,1-3H3/t8-/m0/s1. The van der Waals surface area contributed by atoms with Crippen LogP contribution in [0.5, 0.6) is 0 Å². The molecule has 3 heteroatoms. The van der Waals surface area contributed by atoms with Crippen molar-refractivity contribution in [3.63, 3.8) is 0 Å². The molecule has 1 amide bonds. The molecule has 0 aromatic carbocycles. The monoisotopic (exact) mass is 247 g/mol. The SMILES string of the molecule is CC(C)(C)CN1CCC[C@H](Br)C1=O. The van der Waals surface area contributed by atoms with Crippen LogP contribution in [0.15, 0.2) is 0 Å². The van der Waals surface area contributed by atoms with Crippen LogP contribution in [0.3, 0.4) is 0 Å². The van der Waals surface area contributed by atoms with Crippen molar-refractivity contribution >= 4 is 21.8 Å². The van der Waals surface area contributed by atoms with Gasteiger partial charge in [-0.05, 0) is 18.3 Å². The van der Waals surface area contributed by atoms with Crippen molar-refractivity contribution in [1.82, 2.24) is 4.90 Å². The van der Waals surface area contributed by atoms with Gasteiger partial charge in [-0.3, -0.25) is 4.79 Å². The summed E-state index contributed by atoms with van der Waals surface area (Å²) in [4.78, 5) is 13.7. The topological polar surface area (TPSA) is 20.3 Å².